The molecule has 4 nitrogen and oxygen atoms in total. The van der Waals surface area contributed by atoms with Crippen molar-refractivity contribution in [2.45, 2.75) is 0 Å². The van der Waals surface area contributed by atoms with Gasteiger partial charge in [-0.15, -0.1) is 0 Å². The van der Waals surface area contributed by atoms with Gasteiger partial charge in [-0.1, -0.05) is 39.4 Å². The summed E-state index contributed by atoms with van der Waals surface area (Å²) in [6, 6.07) is 15.0. The number of carbonyl (C=O) groups is 1. The molecule has 0 saturated carbocycles. The van der Waals surface area contributed by atoms with Crippen LogP contribution in [0.3, 0.4) is 0 Å². The smallest absolute Gasteiger partial charge is 0.293 e. The Morgan fingerprint density at radius 1 is 1.16 bits per heavy atom. The molecule has 0 bridgehead atoms. The Hall–Kier alpha value is -2.51. The molecule has 0 aliphatic rings. The van der Waals surface area contributed by atoms with E-state index in [0.717, 1.165) is 14.7 Å². The first-order valence-electron chi connectivity index (χ1n) is 7.32. The van der Waals surface area contributed by atoms with Crippen molar-refractivity contribution in [3.05, 3.63) is 70.6 Å². The molecule has 25 heavy (non-hydrogen) atoms. The molecule has 124 valence electrons. The fourth-order valence-electron chi connectivity index (χ4n) is 2.38. The number of rotatable bonds is 3. The lowest BCUT2D eigenvalue weighted by atomic mass is 10.1. The van der Waals surface area contributed by atoms with Gasteiger partial charge in [0.05, 0.1) is 15.8 Å². The van der Waals surface area contributed by atoms with Gasteiger partial charge in [0.25, 0.3) is 5.91 Å². The predicted molar refractivity (Wildman–Crippen MR) is 99.4 cm³/mol. The maximum Gasteiger partial charge on any atom is 0.293 e. The van der Waals surface area contributed by atoms with Gasteiger partial charge in [0.15, 0.2) is 10.9 Å². The molecular formula is C18H10BrFN2O2S. The lowest BCUT2D eigenvalue weighted by molar-refractivity contribution is 0.0997. The first-order valence-corrected chi connectivity index (χ1v) is 8.93. The molecular weight excluding hydrogens is 407 g/mol. The molecule has 0 radical (unpaired) electrons. The summed E-state index contributed by atoms with van der Waals surface area (Å²) in [7, 11) is 0. The first-order chi connectivity index (χ1) is 12.1. The zero-order chi connectivity index (χ0) is 17.4. The molecule has 7 heteroatoms. The maximum atomic E-state index is 13.8. The number of anilines is 1. The number of fused-ring (bicyclic) bond motifs is 1. The molecule has 0 atom stereocenters. The standard InChI is InChI=1S/C18H10BrFN2O2S/c19-10-5-6-13-16(9-10)25-18(21-13)22-17(23)15-8-7-14(24-15)11-3-1-2-4-12(11)20/h1-9H,(H,21,22,23). The van der Waals surface area contributed by atoms with Gasteiger partial charge in [-0.25, -0.2) is 9.37 Å². The van der Waals surface area contributed by atoms with E-state index in [4.69, 9.17) is 4.42 Å². The summed E-state index contributed by atoms with van der Waals surface area (Å²) in [5.74, 6) is -0.434. The molecule has 1 amide bonds. The second-order valence-electron chi connectivity index (χ2n) is 5.23. The minimum absolute atomic E-state index is 0.0960. The maximum absolute atomic E-state index is 13.8. The number of amides is 1. The van der Waals surface area contributed by atoms with Crippen molar-refractivity contribution in [3.63, 3.8) is 0 Å². The van der Waals surface area contributed by atoms with Crippen LogP contribution in [-0.4, -0.2) is 10.9 Å². The van der Waals surface area contributed by atoms with Crippen LogP contribution in [0.2, 0.25) is 0 Å². The number of aromatic nitrogens is 1. The third-order valence-electron chi connectivity index (χ3n) is 3.54. The monoisotopic (exact) mass is 416 g/mol. The van der Waals surface area contributed by atoms with E-state index in [1.807, 2.05) is 18.2 Å². The lowest BCUT2D eigenvalue weighted by Gasteiger charge is -1.99. The Labute approximate surface area is 154 Å². The van der Waals surface area contributed by atoms with Gasteiger partial charge in [0.2, 0.25) is 0 Å². The molecule has 1 N–H and O–H groups in total. The lowest BCUT2D eigenvalue weighted by Crippen LogP contribution is -2.10. The molecule has 2 heterocycles. The van der Waals surface area contributed by atoms with E-state index in [1.165, 1.54) is 23.5 Å². The second-order valence-corrected chi connectivity index (χ2v) is 7.18. The van der Waals surface area contributed by atoms with Crippen molar-refractivity contribution in [2.75, 3.05) is 5.32 Å². The van der Waals surface area contributed by atoms with Crippen molar-refractivity contribution >= 4 is 48.5 Å². The second kappa shape index (κ2) is 6.42. The van der Waals surface area contributed by atoms with E-state index in [9.17, 15) is 9.18 Å². The SMILES string of the molecule is O=C(Nc1nc2ccc(Br)cc2s1)c1ccc(-c2ccccc2F)o1. The average Bonchev–Trinajstić information content (AvgIpc) is 3.21. The van der Waals surface area contributed by atoms with Crippen molar-refractivity contribution < 1.29 is 13.6 Å². The topological polar surface area (TPSA) is 55.1 Å². The third-order valence-corrected chi connectivity index (χ3v) is 4.97. The molecule has 0 aliphatic carbocycles. The van der Waals surface area contributed by atoms with Gasteiger partial charge in [0, 0.05) is 4.47 Å². The van der Waals surface area contributed by atoms with Gasteiger partial charge < -0.3 is 4.42 Å². The molecule has 2 aromatic heterocycles. The van der Waals surface area contributed by atoms with Crippen LogP contribution in [0, 0.1) is 5.82 Å². The van der Waals surface area contributed by atoms with Gasteiger partial charge in [-0.2, -0.15) is 0 Å². The van der Waals surface area contributed by atoms with Gasteiger partial charge in [0.1, 0.15) is 11.6 Å². The summed E-state index contributed by atoms with van der Waals surface area (Å²) in [6.45, 7) is 0. The molecule has 0 aliphatic heterocycles. The normalized spacial score (nSPS) is 11.0. The summed E-state index contributed by atoms with van der Waals surface area (Å²) in [4.78, 5) is 16.7. The molecule has 4 rings (SSSR count). The van der Waals surface area contributed by atoms with E-state index in [-0.39, 0.29) is 5.76 Å². The Kier molecular flexibility index (Phi) is 4.10. The summed E-state index contributed by atoms with van der Waals surface area (Å²) < 4.78 is 21.2. The molecule has 0 fully saturated rings. The fourth-order valence-corrected chi connectivity index (χ4v) is 3.79. The van der Waals surface area contributed by atoms with E-state index in [1.54, 1.807) is 24.3 Å². The predicted octanol–water partition coefficient (Wildman–Crippen LogP) is 5.71. The van der Waals surface area contributed by atoms with Crippen molar-refractivity contribution in [2.24, 2.45) is 0 Å². The number of hydrogen-bond acceptors (Lipinski definition) is 4. The van der Waals surface area contributed by atoms with Crippen LogP contribution in [-0.2, 0) is 0 Å². The summed E-state index contributed by atoms with van der Waals surface area (Å²) in [5.41, 5.74) is 1.11. The van der Waals surface area contributed by atoms with Crippen molar-refractivity contribution in [3.8, 4) is 11.3 Å². The van der Waals surface area contributed by atoms with Crippen LogP contribution in [0.1, 0.15) is 10.6 Å². The summed E-state index contributed by atoms with van der Waals surface area (Å²) in [5, 5.41) is 3.19. The summed E-state index contributed by atoms with van der Waals surface area (Å²) >= 11 is 4.77. The third kappa shape index (κ3) is 3.20. The van der Waals surface area contributed by atoms with Crippen LogP contribution in [0.15, 0.2) is 63.5 Å². The highest BCUT2D eigenvalue weighted by atomic mass is 79.9. The van der Waals surface area contributed by atoms with Gasteiger partial charge in [-0.3, -0.25) is 10.1 Å². The first kappa shape index (κ1) is 16.0. The molecule has 2 aromatic carbocycles. The number of halogens is 2. The Bertz CT molecular complexity index is 1090. The summed E-state index contributed by atoms with van der Waals surface area (Å²) in [6.07, 6.45) is 0. The van der Waals surface area contributed by atoms with Crippen LogP contribution in [0.5, 0.6) is 0 Å². The Morgan fingerprint density at radius 3 is 2.84 bits per heavy atom. The average molecular weight is 417 g/mol. The molecule has 0 unspecified atom stereocenters. The fraction of sp³-hybridized carbons (Fsp3) is 0. The number of furan rings is 1. The molecule has 4 aromatic rings. The van der Waals surface area contributed by atoms with Crippen LogP contribution in [0.4, 0.5) is 9.52 Å². The van der Waals surface area contributed by atoms with E-state index in [2.05, 4.69) is 26.2 Å². The number of nitrogens with one attached hydrogen (secondary N) is 1. The van der Waals surface area contributed by atoms with Crippen LogP contribution < -0.4 is 5.32 Å². The van der Waals surface area contributed by atoms with Gasteiger partial charge in [-0.05, 0) is 42.5 Å². The van der Waals surface area contributed by atoms with Gasteiger partial charge >= 0.3 is 0 Å². The van der Waals surface area contributed by atoms with Crippen LogP contribution >= 0.6 is 27.3 Å². The highest BCUT2D eigenvalue weighted by molar-refractivity contribution is 9.10. The molecule has 0 spiro atoms. The highest BCUT2D eigenvalue weighted by Crippen LogP contribution is 2.29. The number of nitrogens with zero attached hydrogens (tertiary/aromatic N) is 1. The quantitative estimate of drug-likeness (QED) is 0.465. The largest absolute Gasteiger partial charge is 0.451 e. The van der Waals surface area contributed by atoms with Crippen molar-refractivity contribution in [1.29, 1.82) is 0 Å². The number of hydrogen-bond donors (Lipinski definition) is 1. The Morgan fingerprint density at radius 2 is 2.00 bits per heavy atom. The molecule has 0 saturated heterocycles. The van der Waals surface area contributed by atoms with Crippen LogP contribution in [0.25, 0.3) is 21.5 Å². The number of carbonyl (C=O) groups excluding carboxylic acids is 1. The number of benzene rings is 2. The minimum atomic E-state index is -0.430. The Balaban J connectivity index is 1.58. The minimum Gasteiger partial charge on any atom is -0.451 e. The van der Waals surface area contributed by atoms with E-state index >= 15 is 0 Å². The van der Waals surface area contributed by atoms with E-state index in [0.29, 0.717) is 16.5 Å². The number of thiazole rings is 1. The van der Waals surface area contributed by atoms with E-state index < -0.39 is 11.7 Å². The zero-order valence-electron chi connectivity index (χ0n) is 12.6. The van der Waals surface area contributed by atoms with Crippen molar-refractivity contribution in [1.82, 2.24) is 4.98 Å². The zero-order valence-corrected chi connectivity index (χ0v) is 15.0. The highest BCUT2D eigenvalue weighted by Gasteiger charge is 2.16.